The molecule has 34 heavy (non-hydrogen) atoms. The van der Waals surface area contributed by atoms with Gasteiger partial charge in [-0.3, -0.25) is 4.98 Å². The third-order valence-corrected chi connectivity index (χ3v) is 5.63. The van der Waals surface area contributed by atoms with E-state index >= 15 is 0 Å². The van der Waals surface area contributed by atoms with Crippen molar-refractivity contribution < 1.29 is 4.74 Å². The van der Waals surface area contributed by atoms with Crippen LogP contribution in [-0.4, -0.2) is 14.5 Å². The minimum absolute atomic E-state index is 0. The Hall–Kier alpha value is -3.80. The van der Waals surface area contributed by atoms with Gasteiger partial charge in [0.25, 0.3) is 0 Å². The molecule has 0 unspecified atom stereocenters. The molecule has 7 heteroatoms. The van der Waals surface area contributed by atoms with E-state index in [9.17, 15) is 0 Å². The number of aromatic nitrogens is 3. The van der Waals surface area contributed by atoms with Crippen LogP contribution in [0.15, 0.2) is 103 Å². The van der Waals surface area contributed by atoms with Crippen LogP contribution >= 0.6 is 24.0 Å². The molecular formula is C27H22Cl2N4O. The lowest BCUT2D eigenvalue weighted by Gasteiger charge is -2.15. The molecule has 2 N–H and O–H groups in total. The zero-order chi connectivity index (χ0) is 22.6. The Morgan fingerprint density at radius 3 is 2.32 bits per heavy atom. The molecule has 0 saturated carbocycles. The highest BCUT2D eigenvalue weighted by Crippen LogP contribution is 2.34. The van der Waals surface area contributed by atoms with Crippen molar-refractivity contribution in [2.75, 3.05) is 5.73 Å². The number of benzene rings is 2. The van der Waals surface area contributed by atoms with E-state index in [1.54, 1.807) is 18.5 Å². The zero-order valence-corrected chi connectivity index (χ0v) is 19.7. The molecule has 0 aliphatic heterocycles. The van der Waals surface area contributed by atoms with Gasteiger partial charge in [0.15, 0.2) is 0 Å². The average molecular weight is 489 g/mol. The van der Waals surface area contributed by atoms with E-state index in [2.05, 4.69) is 26.7 Å². The number of anilines is 1. The van der Waals surface area contributed by atoms with E-state index in [-0.39, 0.29) is 12.4 Å². The number of halogens is 2. The molecular weight excluding hydrogens is 467 g/mol. The van der Waals surface area contributed by atoms with E-state index in [0.29, 0.717) is 23.1 Å². The van der Waals surface area contributed by atoms with E-state index in [0.717, 1.165) is 34.0 Å². The van der Waals surface area contributed by atoms with Crippen LogP contribution in [0.5, 0.6) is 11.5 Å². The van der Waals surface area contributed by atoms with Gasteiger partial charge >= 0.3 is 0 Å². The van der Waals surface area contributed by atoms with Crippen molar-refractivity contribution in [2.24, 2.45) is 0 Å². The Labute approximate surface area is 209 Å². The Morgan fingerprint density at radius 1 is 0.794 bits per heavy atom. The van der Waals surface area contributed by atoms with Gasteiger partial charge in [-0.15, -0.1) is 12.4 Å². The summed E-state index contributed by atoms with van der Waals surface area (Å²) in [7, 11) is 0. The van der Waals surface area contributed by atoms with Crippen molar-refractivity contribution in [3.63, 3.8) is 0 Å². The van der Waals surface area contributed by atoms with E-state index < -0.39 is 0 Å². The number of hydrogen-bond donors (Lipinski definition) is 1. The van der Waals surface area contributed by atoms with Crippen LogP contribution < -0.4 is 10.5 Å². The van der Waals surface area contributed by atoms with Crippen LogP contribution in [0.4, 0.5) is 5.82 Å². The summed E-state index contributed by atoms with van der Waals surface area (Å²) in [6.45, 7) is 0.557. The van der Waals surface area contributed by atoms with Crippen molar-refractivity contribution >= 4 is 29.8 Å². The molecule has 0 aliphatic rings. The maximum atomic E-state index is 6.54. The third-order valence-electron chi connectivity index (χ3n) is 5.30. The number of nitrogens with zero attached hydrogens (tertiary/aromatic N) is 3. The van der Waals surface area contributed by atoms with Gasteiger partial charge in [-0.2, -0.15) is 0 Å². The molecule has 5 aromatic rings. The smallest absolute Gasteiger partial charge is 0.145 e. The molecule has 3 heterocycles. The van der Waals surface area contributed by atoms with Crippen LogP contribution in [0.1, 0.15) is 5.69 Å². The topological polar surface area (TPSA) is 66.0 Å². The van der Waals surface area contributed by atoms with Crippen LogP contribution in [-0.2, 0) is 6.54 Å². The van der Waals surface area contributed by atoms with Gasteiger partial charge in [0, 0.05) is 22.5 Å². The molecule has 0 saturated heterocycles. The monoisotopic (exact) mass is 488 g/mol. The number of ether oxygens (including phenoxy) is 1. The molecule has 0 amide bonds. The van der Waals surface area contributed by atoms with Crippen molar-refractivity contribution in [1.82, 2.24) is 14.5 Å². The van der Waals surface area contributed by atoms with Crippen LogP contribution in [0.25, 0.3) is 22.5 Å². The first kappa shape index (κ1) is 23.4. The summed E-state index contributed by atoms with van der Waals surface area (Å²) in [6, 6.07) is 29.4. The summed E-state index contributed by atoms with van der Waals surface area (Å²) in [5.74, 6) is 1.94. The minimum Gasteiger partial charge on any atom is -0.456 e. The maximum absolute atomic E-state index is 6.54. The predicted octanol–water partition coefficient (Wildman–Crippen LogP) is 7.11. The first-order valence-electron chi connectivity index (χ1n) is 10.5. The Bertz CT molecular complexity index is 1390. The lowest BCUT2D eigenvalue weighted by Crippen LogP contribution is -2.06. The molecule has 0 atom stereocenters. The van der Waals surface area contributed by atoms with Crippen LogP contribution in [0.3, 0.4) is 0 Å². The molecule has 0 spiro atoms. The Morgan fingerprint density at radius 2 is 1.59 bits per heavy atom. The first-order valence-corrected chi connectivity index (χ1v) is 10.9. The fourth-order valence-electron chi connectivity index (χ4n) is 3.78. The summed E-state index contributed by atoms with van der Waals surface area (Å²) in [6.07, 6.45) is 3.41. The lowest BCUT2D eigenvalue weighted by atomic mass is 10.1. The van der Waals surface area contributed by atoms with E-state index in [1.165, 1.54) is 0 Å². The summed E-state index contributed by atoms with van der Waals surface area (Å²) in [4.78, 5) is 8.59. The van der Waals surface area contributed by atoms with Gasteiger partial charge in [-0.1, -0.05) is 35.9 Å². The van der Waals surface area contributed by atoms with Gasteiger partial charge < -0.3 is 15.0 Å². The highest BCUT2D eigenvalue weighted by Gasteiger charge is 2.15. The minimum atomic E-state index is 0. The van der Waals surface area contributed by atoms with E-state index in [1.807, 2.05) is 72.8 Å². The summed E-state index contributed by atoms with van der Waals surface area (Å²) in [5, 5.41) is 0.698. The number of rotatable bonds is 6. The second kappa shape index (κ2) is 10.4. The lowest BCUT2D eigenvalue weighted by molar-refractivity contribution is 0.480. The quantitative estimate of drug-likeness (QED) is 0.276. The summed E-state index contributed by atoms with van der Waals surface area (Å²) >= 11 is 6.54. The second-order valence-corrected chi connectivity index (χ2v) is 7.95. The zero-order valence-electron chi connectivity index (χ0n) is 18.1. The van der Waals surface area contributed by atoms with Crippen molar-refractivity contribution in [3.05, 3.63) is 114 Å². The number of nitrogens with two attached hydrogens (primary N) is 1. The molecule has 0 radical (unpaired) electrons. The van der Waals surface area contributed by atoms with Gasteiger partial charge in [0.1, 0.15) is 17.3 Å². The van der Waals surface area contributed by atoms with E-state index in [4.69, 9.17) is 22.1 Å². The highest BCUT2D eigenvalue weighted by molar-refractivity contribution is 6.33. The van der Waals surface area contributed by atoms with Gasteiger partial charge in [0.2, 0.25) is 0 Å². The third kappa shape index (κ3) is 5.06. The van der Waals surface area contributed by atoms with Crippen molar-refractivity contribution in [3.8, 4) is 34.0 Å². The normalized spacial score (nSPS) is 10.5. The summed E-state index contributed by atoms with van der Waals surface area (Å²) in [5.41, 5.74) is 10.9. The fraction of sp³-hybridized carbons (Fsp3) is 0.0370. The van der Waals surface area contributed by atoms with Gasteiger partial charge in [-0.25, -0.2) is 4.98 Å². The first-order chi connectivity index (χ1) is 16.2. The molecule has 5 nitrogen and oxygen atoms in total. The molecule has 2 aromatic carbocycles. The van der Waals surface area contributed by atoms with Crippen molar-refractivity contribution in [2.45, 2.75) is 6.54 Å². The number of nitrogen functional groups attached to an aromatic ring is 1. The highest BCUT2D eigenvalue weighted by atomic mass is 35.5. The van der Waals surface area contributed by atoms with Crippen LogP contribution in [0.2, 0.25) is 5.02 Å². The maximum Gasteiger partial charge on any atom is 0.145 e. The summed E-state index contributed by atoms with van der Waals surface area (Å²) < 4.78 is 8.10. The molecule has 0 aliphatic carbocycles. The van der Waals surface area contributed by atoms with Crippen LogP contribution in [0, 0.1) is 0 Å². The second-order valence-electron chi connectivity index (χ2n) is 7.54. The fourth-order valence-corrected chi connectivity index (χ4v) is 4.01. The molecule has 170 valence electrons. The Kier molecular flexibility index (Phi) is 7.16. The molecule has 0 bridgehead atoms. The number of pyridine rings is 2. The van der Waals surface area contributed by atoms with Gasteiger partial charge in [-0.05, 0) is 72.3 Å². The molecule has 5 rings (SSSR count). The number of hydrogen-bond acceptors (Lipinski definition) is 4. The Balaban J connectivity index is 0.00000274. The SMILES string of the molecule is Cl.Nc1cccc(Cn2c(-c3ccc(Oc4cccnc4)cc3)ccc2-c2ccccc2Cl)n1. The molecule has 0 fully saturated rings. The largest absolute Gasteiger partial charge is 0.456 e. The predicted molar refractivity (Wildman–Crippen MR) is 140 cm³/mol. The van der Waals surface area contributed by atoms with Gasteiger partial charge in [0.05, 0.1) is 24.1 Å². The standard InChI is InChI=1S/C27H21ClN4O.ClH/c28-24-8-2-1-7-23(24)26-15-14-25(32(26)18-20-5-3-9-27(29)31-20)19-10-12-21(13-11-19)33-22-6-4-16-30-17-22;/h1-17H,18H2,(H2,29,31);1H. The van der Waals surface area contributed by atoms with Crippen molar-refractivity contribution in [1.29, 1.82) is 0 Å². The molecule has 3 aromatic heterocycles. The average Bonchev–Trinajstić information content (AvgIpc) is 3.24.